The van der Waals surface area contributed by atoms with Crippen molar-refractivity contribution in [3.8, 4) is 0 Å². The molecule has 0 bridgehead atoms. The molecule has 1 aromatic rings. The SMILES string of the molecule is CCn1nc(C)c(Cl)c1CC(=O)C1(C)CCCO1. The van der Waals surface area contributed by atoms with Crippen LogP contribution in [0.15, 0.2) is 0 Å². The minimum Gasteiger partial charge on any atom is -0.367 e. The van der Waals surface area contributed by atoms with E-state index in [-0.39, 0.29) is 5.78 Å². The molecule has 0 radical (unpaired) electrons. The van der Waals surface area contributed by atoms with Crippen molar-refractivity contribution in [2.24, 2.45) is 0 Å². The summed E-state index contributed by atoms with van der Waals surface area (Å²) in [4.78, 5) is 12.3. The van der Waals surface area contributed by atoms with Crippen molar-refractivity contribution in [3.63, 3.8) is 0 Å². The van der Waals surface area contributed by atoms with Crippen LogP contribution in [0, 0.1) is 6.92 Å². The Bertz CT molecular complexity index is 462. The maximum atomic E-state index is 12.3. The number of Topliss-reactive ketones (excluding diaryl/α,β-unsaturated/α-hetero) is 1. The van der Waals surface area contributed by atoms with Crippen LogP contribution in [0.5, 0.6) is 0 Å². The zero-order chi connectivity index (χ0) is 13.3. The molecule has 1 fully saturated rings. The molecule has 1 aliphatic heterocycles. The monoisotopic (exact) mass is 270 g/mol. The van der Waals surface area contributed by atoms with E-state index in [1.165, 1.54) is 0 Å². The van der Waals surface area contributed by atoms with Crippen LogP contribution in [0.25, 0.3) is 0 Å². The number of hydrogen-bond donors (Lipinski definition) is 0. The Morgan fingerprint density at radius 3 is 2.89 bits per heavy atom. The average Bonchev–Trinajstić information content (AvgIpc) is 2.89. The van der Waals surface area contributed by atoms with Gasteiger partial charge in [-0.2, -0.15) is 5.10 Å². The molecule has 2 heterocycles. The van der Waals surface area contributed by atoms with Gasteiger partial charge in [0.2, 0.25) is 0 Å². The fraction of sp³-hybridized carbons (Fsp3) is 0.692. The number of carbonyl (C=O) groups is 1. The van der Waals surface area contributed by atoms with Gasteiger partial charge in [0.05, 0.1) is 22.8 Å². The minimum absolute atomic E-state index is 0.0940. The predicted octanol–water partition coefficient (Wildman–Crippen LogP) is 2.55. The third kappa shape index (κ3) is 2.31. The standard InChI is InChI=1S/C13H19ClN2O2/c1-4-16-10(12(14)9(2)15-16)8-11(17)13(3)6-5-7-18-13/h4-8H2,1-3H3. The Kier molecular flexibility index (Phi) is 3.78. The lowest BCUT2D eigenvalue weighted by molar-refractivity contribution is -0.136. The lowest BCUT2D eigenvalue weighted by atomic mass is 9.94. The maximum absolute atomic E-state index is 12.3. The second-order valence-electron chi connectivity index (χ2n) is 4.94. The first kappa shape index (κ1) is 13.6. The van der Waals surface area contributed by atoms with Gasteiger partial charge in [0.25, 0.3) is 0 Å². The van der Waals surface area contributed by atoms with E-state index in [0.717, 1.165) is 24.2 Å². The molecular formula is C13H19ClN2O2. The number of halogens is 1. The topological polar surface area (TPSA) is 44.1 Å². The lowest BCUT2D eigenvalue weighted by Gasteiger charge is -2.21. The third-order valence-electron chi connectivity index (χ3n) is 3.59. The molecule has 1 aliphatic rings. The quantitative estimate of drug-likeness (QED) is 0.845. The fourth-order valence-electron chi connectivity index (χ4n) is 2.38. The molecule has 0 spiro atoms. The maximum Gasteiger partial charge on any atom is 0.170 e. The number of rotatable bonds is 4. The van der Waals surface area contributed by atoms with Gasteiger partial charge in [0, 0.05) is 13.2 Å². The van der Waals surface area contributed by atoms with Gasteiger partial charge in [0.1, 0.15) is 5.60 Å². The number of ether oxygens (including phenoxy) is 1. The summed E-state index contributed by atoms with van der Waals surface area (Å²) in [5, 5.41) is 4.93. The van der Waals surface area contributed by atoms with Crippen LogP contribution in [0.1, 0.15) is 38.1 Å². The van der Waals surface area contributed by atoms with Crippen molar-refractivity contribution in [3.05, 3.63) is 16.4 Å². The highest BCUT2D eigenvalue weighted by Gasteiger charge is 2.38. The van der Waals surface area contributed by atoms with Gasteiger partial charge in [0.15, 0.2) is 5.78 Å². The zero-order valence-corrected chi connectivity index (χ0v) is 11.9. The molecule has 18 heavy (non-hydrogen) atoms. The number of carbonyl (C=O) groups excluding carboxylic acids is 1. The van der Waals surface area contributed by atoms with Gasteiger partial charge in [-0.3, -0.25) is 9.48 Å². The average molecular weight is 271 g/mol. The molecule has 2 rings (SSSR count). The van der Waals surface area contributed by atoms with Crippen molar-refractivity contribution >= 4 is 17.4 Å². The van der Waals surface area contributed by atoms with Crippen molar-refractivity contribution in [2.45, 2.75) is 52.2 Å². The van der Waals surface area contributed by atoms with Gasteiger partial charge in [-0.05, 0) is 33.6 Å². The largest absolute Gasteiger partial charge is 0.367 e. The molecule has 1 aromatic heterocycles. The highest BCUT2D eigenvalue weighted by atomic mass is 35.5. The molecule has 0 amide bonds. The number of ketones is 1. The summed E-state index contributed by atoms with van der Waals surface area (Å²) in [5.74, 6) is 0.0940. The molecular weight excluding hydrogens is 252 g/mol. The molecule has 1 unspecified atom stereocenters. The molecule has 1 atom stereocenters. The summed E-state index contributed by atoms with van der Waals surface area (Å²) in [7, 11) is 0. The first-order chi connectivity index (χ1) is 8.48. The number of aromatic nitrogens is 2. The Labute approximate surface area is 112 Å². The second kappa shape index (κ2) is 5.02. The highest BCUT2D eigenvalue weighted by Crippen LogP contribution is 2.29. The van der Waals surface area contributed by atoms with E-state index in [1.54, 1.807) is 4.68 Å². The van der Waals surface area contributed by atoms with Crippen molar-refractivity contribution < 1.29 is 9.53 Å². The Morgan fingerprint density at radius 1 is 1.61 bits per heavy atom. The van der Waals surface area contributed by atoms with Gasteiger partial charge < -0.3 is 4.74 Å². The van der Waals surface area contributed by atoms with E-state index in [1.807, 2.05) is 20.8 Å². The molecule has 0 N–H and O–H groups in total. The van der Waals surface area contributed by atoms with E-state index in [4.69, 9.17) is 16.3 Å². The van der Waals surface area contributed by atoms with Crippen LogP contribution in [0.4, 0.5) is 0 Å². The van der Waals surface area contributed by atoms with E-state index in [2.05, 4.69) is 5.10 Å². The molecule has 5 heteroatoms. The molecule has 100 valence electrons. The van der Waals surface area contributed by atoms with Gasteiger partial charge in [-0.15, -0.1) is 0 Å². The minimum atomic E-state index is -0.639. The van der Waals surface area contributed by atoms with E-state index in [0.29, 0.717) is 24.6 Å². The summed E-state index contributed by atoms with van der Waals surface area (Å²) < 4.78 is 7.37. The van der Waals surface area contributed by atoms with Crippen LogP contribution < -0.4 is 0 Å². The number of aryl methyl sites for hydroxylation is 2. The summed E-state index contributed by atoms with van der Waals surface area (Å²) in [6.07, 6.45) is 2.04. The summed E-state index contributed by atoms with van der Waals surface area (Å²) >= 11 is 6.21. The zero-order valence-electron chi connectivity index (χ0n) is 11.1. The summed E-state index contributed by atoms with van der Waals surface area (Å²) in [6, 6.07) is 0. The van der Waals surface area contributed by atoms with E-state index >= 15 is 0 Å². The first-order valence-corrected chi connectivity index (χ1v) is 6.75. The van der Waals surface area contributed by atoms with Crippen LogP contribution in [-0.4, -0.2) is 27.8 Å². The molecule has 0 saturated carbocycles. The molecule has 0 aliphatic carbocycles. The molecule has 0 aromatic carbocycles. The van der Waals surface area contributed by atoms with Crippen LogP contribution >= 0.6 is 11.6 Å². The van der Waals surface area contributed by atoms with Gasteiger partial charge >= 0.3 is 0 Å². The van der Waals surface area contributed by atoms with Gasteiger partial charge in [-0.1, -0.05) is 11.6 Å². The smallest absolute Gasteiger partial charge is 0.170 e. The normalized spacial score (nSPS) is 23.6. The van der Waals surface area contributed by atoms with Crippen molar-refractivity contribution in [1.29, 1.82) is 0 Å². The molecule has 4 nitrogen and oxygen atoms in total. The van der Waals surface area contributed by atoms with E-state index in [9.17, 15) is 4.79 Å². The first-order valence-electron chi connectivity index (χ1n) is 6.37. The van der Waals surface area contributed by atoms with Gasteiger partial charge in [-0.25, -0.2) is 0 Å². The Morgan fingerprint density at radius 2 is 2.33 bits per heavy atom. The fourth-order valence-corrected chi connectivity index (χ4v) is 2.58. The summed E-state index contributed by atoms with van der Waals surface area (Å²) in [5.41, 5.74) is 0.942. The van der Waals surface area contributed by atoms with Crippen LogP contribution in [-0.2, 0) is 22.5 Å². The molecule has 1 saturated heterocycles. The van der Waals surface area contributed by atoms with Crippen LogP contribution in [0.2, 0.25) is 5.02 Å². The van der Waals surface area contributed by atoms with Crippen molar-refractivity contribution in [1.82, 2.24) is 9.78 Å². The van der Waals surface area contributed by atoms with Crippen molar-refractivity contribution in [2.75, 3.05) is 6.61 Å². The number of hydrogen-bond acceptors (Lipinski definition) is 3. The van der Waals surface area contributed by atoms with E-state index < -0.39 is 5.60 Å². The predicted molar refractivity (Wildman–Crippen MR) is 70.0 cm³/mol. The Balaban J connectivity index is 2.21. The summed E-state index contributed by atoms with van der Waals surface area (Å²) in [6.45, 7) is 7.10. The lowest BCUT2D eigenvalue weighted by Crippen LogP contribution is -2.36. The third-order valence-corrected chi connectivity index (χ3v) is 4.08. The van der Waals surface area contributed by atoms with Crippen LogP contribution in [0.3, 0.4) is 0 Å². The second-order valence-corrected chi connectivity index (χ2v) is 5.32. The Hall–Kier alpha value is -0.870. The number of nitrogens with zero attached hydrogens (tertiary/aromatic N) is 2. The highest BCUT2D eigenvalue weighted by molar-refractivity contribution is 6.32.